The Morgan fingerprint density at radius 1 is 1.53 bits per heavy atom. The number of aromatic nitrogens is 2. The number of anilines is 1. The molecule has 4 nitrogen and oxygen atoms in total. The van der Waals surface area contributed by atoms with Gasteiger partial charge in [-0.2, -0.15) is 10.2 Å². The van der Waals surface area contributed by atoms with Gasteiger partial charge in [0.2, 0.25) is 0 Å². The lowest BCUT2D eigenvalue weighted by Crippen LogP contribution is -1.94. The molecule has 0 fully saturated rings. The van der Waals surface area contributed by atoms with Gasteiger partial charge in [0.1, 0.15) is 0 Å². The van der Waals surface area contributed by atoms with E-state index in [-0.39, 0.29) is 0 Å². The molecule has 5 heteroatoms. The van der Waals surface area contributed by atoms with Gasteiger partial charge in [0.25, 0.3) is 0 Å². The Hall–Kier alpha value is -1.75. The minimum atomic E-state index is 0.655. The zero-order valence-corrected chi connectivity index (χ0v) is 9.03. The summed E-state index contributed by atoms with van der Waals surface area (Å²) in [7, 11) is 0. The molecule has 2 rings (SSSR count). The van der Waals surface area contributed by atoms with Crippen LogP contribution >= 0.6 is 11.3 Å². The number of aryl methyl sites for hydroxylation is 1. The predicted octanol–water partition coefficient (Wildman–Crippen LogP) is 2.29. The molecule has 0 atom stereocenters. The van der Waals surface area contributed by atoms with Crippen LogP contribution in [-0.2, 0) is 0 Å². The first-order chi connectivity index (χ1) is 7.34. The molecular formula is C10H10N4S. The summed E-state index contributed by atoms with van der Waals surface area (Å²) < 4.78 is 0. The second-order valence-electron chi connectivity index (χ2n) is 3.00. The number of hydrogen-bond acceptors (Lipinski definition) is 5. The third kappa shape index (κ3) is 2.85. The van der Waals surface area contributed by atoms with Crippen LogP contribution in [0.2, 0.25) is 0 Å². The van der Waals surface area contributed by atoms with Crippen LogP contribution < -0.4 is 5.43 Å². The maximum Gasteiger partial charge on any atom is 0.169 e. The van der Waals surface area contributed by atoms with Crippen molar-refractivity contribution in [3.63, 3.8) is 0 Å². The van der Waals surface area contributed by atoms with Gasteiger partial charge in [-0.3, -0.25) is 5.43 Å². The Morgan fingerprint density at radius 3 is 3.20 bits per heavy atom. The topological polar surface area (TPSA) is 50.2 Å². The maximum atomic E-state index is 4.06. The second kappa shape index (κ2) is 4.65. The lowest BCUT2D eigenvalue weighted by atomic mass is 10.3. The van der Waals surface area contributed by atoms with Crippen molar-refractivity contribution in [2.75, 3.05) is 5.43 Å². The second-order valence-corrected chi connectivity index (χ2v) is 3.98. The standard InChI is InChI=1S/C10H10N4S/c1-8-5-10(13-11-6-8)14-12-7-9-3-2-4-15-9/h2-7H,1H3,(H,13,14). The van der Waals surface area contributed by atoms with E-state index in [4.69, 9.17) is 0 Å². The Labute approximate surface area is 91.7 Å². The quantitative estimate of drug-likeness (QED) is 0.635. The molecule has 76 valence electrons. The van der Waals surface area contributed by atoms with Gasteiger partial charge in [0.15, 0.2) is 5.82 Å². The average molecular weight is 218 g/mol. The summed E-state index contributed by atoms with van der Waals surface area (Å²) in [6, 6.07) is 5.87. The van der Waals surface area contributed by atoms with E-state index in [2.05, 4.69) is 20.7 Å². The molecule has 0 radical (unpaired) electrons. The first-order valence-electron chi connectivity index (χ1n) is 4.46. The van der Waals surface area contributed by atoms with Gasteiger partial charge in [0.05, 0.1) is 12.4 Å². The molecule has 0 aromatic carbocycles. The Balaban J connectivity index is 1.99. The third-order valence-corrected chi connectivity index (χ3v) is 2.51. The zero-order valence-electron chi connectivity index (χ0n) is 8.21. The van der Waals surface area contributed by atoms with Gasteiger partial charge in [-0.15, -0.1) is 16.4 Å². The minimum Gasteiger partial charge on any atom is -0.260 e. The van der Waals surface area contributed by atoms with Crippen LogP contribution in [-0.4, -0.2) is 16.4 Å². The fourth-order valence-electron chi connectivity index (χ4n) is 1.05. The largest absolute Gasteiger partial charge is 0.260 e. The predicted molar refractivity (Wildman–Crippen MR) is 62.3 cm³/mol. The van der Waals surface area contributed by atoms with Crippen LogP contribution in [0.4, 0.5) is 5.82 Å². The molecule has 15 heavy (non-hydrogen) atoms. The molecule has 0 aliphatic rings. The van der Waals surface area contributed by atoms with Crippen molar-refractivity contribution < 1.29 is 0 Å². The normalized spacial score (nSPS) is 10.7. The van der Waals surface area contributed by atoms with E-state index < -0.39 is 0 Å². The molecule has 0 saturated carbocycles. The van der Waals surface area contributed by atoms with E-state index in [1.165, 1.54) is 0 Å². The van der Waals surface area contributed by atoms with Crippen molar-refractivity contribution in [3.8, 4) is 0 Å². The van der Waals surface area contributed by atoms with Gasteiger partial charge >= 0.3 is 0 Å². The van der Waals surface area contributed by atoms with Gasteiger partial charge in [-0.1, -0.05) is 6.07 Å². The molecular weight excluding hydrogens is 208 g/mol. The van der Waals surface area contributed by atoms with Crippen molar-refractivity contribution in [1.82, 2.24) is 10.2 Å². The first kappa shape index (κ1) is 9.79. The number of nitrogens with zero attached hydrogens (tertiary/aromatic N) is 3. The molecule has 0 bridgehead atoms. The van der Waals surface area contributed by atoms with Gasteiger partial charge in [-0.25, -0.2) is 0 Å². The smallest absolute Gasteiger partial charge is 0.169 e. The lowest BCUT2D eigenvalue weighted by Gasteiger charge is -1.97. The molecule has 0 amide bonds. The van der Waals surface area contributed by atoms with Gasteiger partial charge < -0.3 is 0 Å². The lowest BCUT2D eigenvalue weighted by molar-refractivity contribution is 1.01. The van der Waals surface area contributed by atoms with E-state index in [1.54, 1.807) is 23.7 Å². The molecule has 2 aromatic heterocycles. The maximum absolute atomic E-state index is 4.06. The summed E-state index contributed by atoms with van der Waals surface area (Å²) in [4.78, 5) is 1.10. The molecule has 0 unspecified atom stereocenters. The molecule has 1 N–H and O–H groups in total. The summed E-state index contributed by atoms with van der Waals surface area (Å²) in [5, 5.41) is 13.8. The molecule has 0 spiro atoms. The summed E-state index contributed by atoms with van der Waals surface area (Å²) in [6.45, 7) is 1.96. The third-order valence-electron chi connectivity index (χ3n) is 1.71. The zero-order chi connectivity index (χ0) is 10.5. The molecule has 0 aliphatic heterocycles. The van der Waals surface area contributed by atoms with E-state index in [9.17, 15) is 0 Å². The number of rotatable bonds is 3. The summed E-state index contributed by atoms with van der Waals surface area (Å²) >= 11 is 1.64. The number of thiophene rings is 1. The Morgan fingerprint density at radius 2 is 2.47 bits per heavy atom. The van der Waals surface area contributed by atoms with Crippen LogP contribution in [0.5, 0.6) is 0 Å². The fourth-order valence-corrected chi connectivity index (χ4v) is 1.63. The van der Waals surface area contributed by atoms with Crippen molar-refractivity contribution in [1.29, 1.82) is 0 Å². The molecule has 2 aromatic rings. The Kier molecular flexibility index (Phi) is 3.04. The van der Waals surface area contributed by atoms with E-state index in [0.29, 0.717) is 5.82 Å². The Bertz CT molecular complexity index is 450. The van der Waals surface area contributed by atoms with E-state index >= 15 is 0 Å². The minimum absolute atomic E-state index is 0.655. The average Bonchev–Trinajstić information content (AvgIpc) is 2.71. The SMILES string of the molecule is Cc1cnnc(NN=Cc2cccs2)c1. The summed E-state index contributed by atoms with van der Waals surface area (Å²) in [5.74, 6) is 0.655. The highest BCUT2D eigenvalue weighted by molar-refractivity contribution is 7.11. The van der Waals surface area contributed by atoms with E-state index in [0.717, 1.165) is 10.4 Å². The molecule has 0 saturated heterocycles. The van der Waals surface area contributed by atoms with Crippen molar-refractivity contribution in [3.05, 3.63) is 40.2 Å². The van der Waals surface area contributed by atoms with Crippen LogP contribution in [0, 0.1) is 6.92 Å². The van der Waals surface area contributed by atoms with Crippen LogP contribution in [0.1, 0.15) is 10.4 Å². The van der Waals surface area contributed by atoms with Crippen molar-refractivity contribution >= 4 is 23.4 Å². The van der Waals surface area contributed by atoms with Crippen LogP contribution in [0.25, 0.3) is 0 Å². The number of hydrazone groups is 1. The first-order valence-corrected chi connectivity index (χ1v) is 5.34. The van der Waals surface area contributed by atoms with Crippen molar-refractivity contribution in [2.45, 2.75) is 6.92 Å². The monoisotopic (exact) mass is 218 g/mol. The van der Waals surface area contributed by atoms with Crippen LogP contribution in [0.15, 0.2) is 34.9 Å². The van der Waals surface area contributed by atoms with E-state index in [1.807, 2.05) is 30.5 Å². The highest BCUT2D eigenvalue weighted by Gasteiger charge is 1.92. The fraction of sp³-hybridized carbons (Fsp3) is 0.100. The number of hydrogen-bond donors (Lipinski definition) is 1. The number of nitrogens with one attached hydrogen (secondary N) is 1. The highest BCUT2D eigenvalue weighted by atomic mass is 32.1. The van der Waals surface area contributed by atoms with Gasteiger partial charge in [0, 0.05) is 4.88 Å². The van der Waals surface area contributed by atoms with Crippen LogP contribution in [0.3, 0.4) is 0 Å². The van der Waals surface area contributed by atoms with Gasteiger partial charge in [-0.05, 0) is 30.0 Å². The van der Waals surface area contributed by atoms with Crippen molar-refractivity contribution in [2.24, 2.45) is 5.10 Å². The molecule has 2 heterocycles. The summed E-state index contributed by atoms with van der Waals surface area (Å²) in [6.07, 6.45) is 3.46. The summed E-state index contributed by atoms with van der Waals surface area (Å²) in [5.41, 5.74) is 3.88. The highest BCUT2D eigenvalue weighted by Crippen LogP contribution is 2.06. The molecule has 0 aliphatic carbocycles.